The molecule has 0 amide bonds. The van der Waals surface area contributed by atoms with E-state index in [-0.39, 0.29) is 5.54 Å². The predicted molar refractivity (Wildman–Crippen MR) is 54.2 cm³/mol. The molecule has 0 atom stereocenters. The first-order valence-corrected chi connectivity index (χ1v) is 5.24. The highest BCUT2D eigenvalue weighted by Crippen LogP contribution is 2.38. The maximum atomic E-state index is 5.77. The van der Waals surface area contributed by atoms with Crippen LogP contribution in [0.5, 0.6) is 0 Å². The van der Waals surface area contributed by atoms with Gasteiger partial charge in [-0.25, -0.2) is 0 Å². The van der Waals surface area contributed by atoms with E-state index in [1.807, 2.05) is 13.8 Å². The molecule has 1 fully saturated rings. The van der Waals surface area contributed by atoms with Crippen molar-refractivity contribution >= 4 is 0 Å². The Morgan fingerprint density at radius 1 is 1.53 bits per heavy atom. The first-order valence-electron chi connectivity index (χ1n) is 5.24. The van der Waals surface area contributed by atoms with Crippen molar-refractivity contribution in [3.8, 4) is 0 Å². The number of ether oxygens (including phenoxy) is 1. The molecule has 0 aromatic carbocycles. The number of hydrogen-bond donors (Lipinski definition) is 1. The van der Waals surface area contributed by atoms with Gasteiger partial charge in [-0.15, -0.1) is 0 Å². The molecule has 5 nitrogen and oxygen atoms in total. The monoisotopic (exact) mass is 211 g/mol. The molecule has 0 bridgehead atoms. The number of hydrogen-bond acceptors (Lipinski definition) is 5. The summed E-state index contributed by atoms with van der Waals surface area (Å²) in [5.41, 5.74) is 5.46. The summed E-state index contributed by atoms with van der Waals surface area (Å²) in [5.74, 6) is 1.86. The normalized spacial score (nSPS) is 17.0. The third kappa shape index (κ3) is 3.28. The van der Waals surface area contributed by atoms with Gasteiger partial charge in [0.25, 0.3) is 0 Å². The molecule has 1 aliphatic carbocycles. The van der Waals surface area contributed by atoms with E-state index in [2.05, 4.69) is 10.1 Å². The second kappa shape index (κ2) is 3.90. The van der Waals surface area contributed by atoms with Crippen LogP contribution >= 0.6 is 0 Å². The fourth-order valence-electron chi connectivity index (χ4n) is 1.23. The predicted octanol–water partition coefficient (Wildman–Crippen LogP) is 1.20. The Hall–Kier alpha value is -0.940. The van der Waals surface area contributed by atoms with Gasteiger partial charge in [0.2, 0.25) is 5.89 Å². The van der Waals surface area contributed by atoms with E-state index < -0.39 is 0 Å². The minimum atomic E-state index is -0.316. The maximum Gasteiger partial charge on any atom is 0.229 e. The molecule has 0 spiro atoms. The molecular formula is C10H17N3O2. The summed E-state index contributed by atoms with van der Waals surface area (Å²) in [5, 5.41) is 3.85. The molecule has 2 N–H and O–H groups in total. The summed E-state index contributed by atoms with van der Waals surface area (Å²) >= 11 is 0. The van der Waals surface area contributed by atoms with Crippen LogP contribution in [0.15, 0.2) is 4.52 Å². The van der Waals surface area contributed by atoms with Gasteiger partial charge >= 0.3 is 0 Å². The summed E-state index contributed by atoms with van der Waals surface area (Å²) in [4.78, 5) is 4.25. The molecule has 5 heteroatoms. The smallest absolute Gasteiger partial charge is 0.229 e. The van der Waals surface area contributed by atoms with Crippen LogP contribution in [0.3, 0.4) is 0 Å². The van der Waals surface area contributed by atoms with Crippen molar-refractivity contribution < 1.29 is 9.26 Å². The quantitative estimate of drug-likeness (QED) is 0.792. The fourth-order valence-corrected chi connectivity index (χ4v) is 1.23. The van der Waals surface area contributed by atoms with Crippen molar-refractivity contribution in [1.82, 2.24) is 10.1 Å². The van der Waals surface area contributed by atoms with Gasteiger partial charge in [-0.2, -0.15) is 4.98 Å². The summed E-state index contributed by atoms with van der Waals surface area (Å²) in [7, 11) is 0. The van der Waals surface area contributed by atoms with E-state index in [1.54, 1.807) is 0 Å². The molecule has 0 unspecified atom stereocenters. The topological polar surface area (TPSA) is 74.2 Å². The Morgan fingerprint density at radius 3 is 2.87 bits per heavy atom. The fraction of sp³-hybridized carbons (Fsp3) is 0.800. The third-order valence-corrected chi connectivity index (χ3v) is 2.12. The molecule has 0 saturated heterocycles. The van der Waals surface area contributed by atoms with E-state index in [0.29, 0.717) is 25.0 Å². The second-order valence-corrected chi connectivity index (χ2v) is 4.80. The molecule has 0 aliphatic heterocycles. The summed E-state index contributed by atoms with van der Waals surface area (Å²) in [6.45, 7) is 4.69. The average Bonchev–Trinajstić information content (AvgIpc) is 2.86. The SMILES string of the molecule is CC(C)(N)COCc1noc(C2CC2)n1. The van der Waals surface area contributed by atoms with Gasteiger partial charge < -0.3 is 15.0 Å². The summed E-state index contributed by atoms with van der Waals surface area (Å²) in [6, 6.07) is 0. The van der Waals surface area contributed by atoms with E-state index in [9.17, 15) is 0 Å². The van der Waals surface area contributed by atoms with Crippen molar-refractivity contribution in [3.63, 3.8) is 0 Å². The van der Waals surface area contributed by atoms with Crippen LogP contribution in [0.4, 0.5) is 0 Å². The molecule has 0 radical (unpaired) electrons. The van der Waals surface area contributed by atoms with Gasteiger partial charge in [-0.05, 0) is 26.7 Å². The van der Waals surface area contributed by atoms with E-state index in [4.69, 9.17) is 15.0 Å². The first kappa shape index (κ1) is 10.6. The Balaban J connectivity index is 1.78. The van der Waals surface area contributed by atoms with Crippen LogP contribution in [-0.4, -0.2) is 22.3 Å². The van der Waals surface area contributed by atoms with Crippen molar-refractivity contribution in [1.29, 1.82) is 0 Å². The second-order valence-electron chi connectivity index (χ2n) is 4.80. The molecule has 1 aromatic heterocycles. The van der Waals surface area contributed by atoms with Gasteiger partial charge in [0.05, 0.1) is 6.61 Å². The third-order valence-electron chi connectivity index (χ3n) is 2.12. The standard InChI is InChI=1S/C10H17N3O2/c1-10(2,11)6-14-5-8-12-9(15-13-8)7-3-4-7/h7H,3-6,11H2,1-2H3. The van der Waals surface area contributed by atoms with Gasteiger partial charge in [0, 0.05) is 11.5 Å². The largest absolute Gasteiger partial charge is 0.371 e. The van der Waals surface area contributed by atoms with Gasteiger partial charge in [-0.1, -0.05) is 5.16 Å². The lowest BCUT2D eigenvalue weighted by Crippen LogP contribution is -2.37. The van der Waals surface area contributed by atoms with E-state index in [0.717, 1.165) is 5.89 Å². The first-order chi connectivity index (χ1) is 7.04. The van der Waals surface area contributed by atoms with Crippen LogP contribution in [0.25, 0.3) is 0 Å². The zero-order valence-electron chi connectivity index (χ0n) is 9.19. The van der Waals surface area contributed by atoms with Crippen molar-refractivity contribution in [2.45, 2.75) is 44.8 Å². The van der Waals surface area contributed by atoms with Gasteiger partial charge in [0.1, 0.15) is 6.61 Å². The highest BCUT2D eigenvalue weighted by atomic mass is 16.5. The van der Waals surface area contributed by atoms with Crippen LogP contribution < -0.4 is 5.73 Å². The molecule has 15 heavy (non-hydrogen) atoms. The number of nitrogens with zero attached hydrogens (tertiary/aromatic N) is 2. The maximum absolute atomic E-state index is 5.77. The summed E-state index contributed by atoms with van der Waals surface area (Å²) in [6.07, 6.45) is 2.33. The number of nitrogens with two attached hydrogens (primary N) is 1. The molecule has 1 aromatic rings. The highest BCUT2D eigenvalue weighted by Gasteiger charge is 2.29. The number of rotatable bonds is 5. The number of aromatic nitrogens is 2. The molecule has 1 aliphatic rings. The Kier molecular flexibility index (Phi) is 2.75. The van der Waals surface area contributed by atoms with Crippen LogP contribution in [-0.2, 0) is 11.3 Å². The zero-order valence-corrected chi connectivity index (χ0v) is 9.19. The summed E-state index contributed by atoms with van der Waals surface area (Å²) < 4.78 is 10.5. The lowest BCUT2D eigenvalue weighted by molar-refractivity contribution is 0.0794. The Morgan fingerprint density at radius 2 is 2.27 bits per heavy atom. The molecule has 84 valence electrons. The lowest BCUT2D eigenvalue weighted by atomic mass is 10.1. The molecule has 1 saturated carbocycles. The highest BCUT2D eigenvalue weighted by molar-refractivity contribution is 5.01. The van der Waals surface area contributed by atoms with Crippen molar-refractivity contribution in [3.05, 3.63) is 11.7 Å². The van der Waals surface area contributed by atoms with Crippen LogP contribution in [0, 0.1) is 0 Å². The van der Waals surface area contributed by atoms with Gasteiger partial charge in [-0.3, -0.25) is 0 Å². The minimum absolute atomic E-state index is 0.316. The van der Waals surface area contributed by atoms with Crippen molar-refractivity contribution in [2.75, 3.05) is 6.61 Å². The minimum Gasteiger partial charge on any atom is -0.371 e. The molecule has 2 rings (SSSR count). The molecular weight excluding hydrogens is 194 g/mol. The van der Waals surface area contributed by atoms with Crippen LogP contribution in [0.2, 0.25) is 0 Å². The van der Waals surface area contributed by atoms with Gasteiger partial charge in [0.15, 0.2) is 5.82 Å². The Labute approximate surface area is 89.0 Å². The van der Waals surface area contributed by atoms with E-state index in [1.165, 1.54) is 12.8 Å². The molecule has 1 heterocycles. The van der Waals surface area contributed by atoms with E-state index >= 15 is 0 Å². The Bertz CT molecular complexity index is 326. The zero-order chi connectivity index (χ0) is 10.9. The lowest BCUT2D eigenvalue weighted by Gasteiger charge is -2.17. The van der Waals surface area contributed by atoms with Crippen LogP contribution in [0.1, 0.15) is 44.3 Å². The average molecular weight is 211 g/mol. The van der Waals surface area contributed by atoms with Crippen molar-refractivity contribution in [2.24, 2.45) is 5.73 Å².